The van der Waals surface area contributed by atoms with Crippen molar-refractivity contribution in [2.75, 3.05) is 19.6 Å². The van der Waals surface area contributed by atoms with Crippen molar-refractivity contribution >= 4 is 0 Å². The van der Waals surface area contributed by atoms with Gasteiger partial charge in [0.1, 0.15) is 0 Å². The summed E-state index contributed by atoms with van der Waals surface area (Å²) in [7, 11) is 0. The molecule has 88 valence electrons. The Labute approximate surface area is 94.2 Å². The van der Waals surface area contributed by atoms with Crippen LogP contribution in [0, 0.1) is 17.8 Å². The molecule has 2 saturated carbocycles. The van der Waals surface area contributed by atoms with Crippen LogP contribution in [0.1, 0.15) is 39.5 Å². The first-order valence-electron chi connectivity index (χ1n) is 6.64. The van der Waals surface area contributed by atoms with E-state index >= 15 is 0 Å². The first-order valence-corrected chi connectivity index (χ1v) is 6.64. The van der Waals surface area contributed by atoms with E-state index in [1.54, 1.807) is 0 Å². The molecule has 0 aromatic rings. The maximum absolute atomic E-state index is 5.78. The summed E-state index contributed by atoms with van der Waals surface area (Å²) in [6, 6.07) is 0.677. The summed E-state index contributed by atoms with van der Waals surface area (Å²) in [5.74, 6) is 2.66. The monoisotopic (exact) mass is 210 g/mol. The second-order valence-electron chi connectivity index (χ2n) is 5.79. The fourth-order valence-electron chi connectivity index (χ4n) is 2.23. The number of hydrogen-bond acceptors (Lipinski definition) is 2. The lowest BCUT2D eigenvalue weighted by Gasteiger charge is -2.33. The zero-order valence-electron chi connectivity index (χ0n) is 10.3. The van der Waals surface area contributed by atoms with Gasteiger partial charge in [0, 0.05) is 19.1 Å². The van der Waals surface area contributed by atoms with Crippen LogP contribution in [0.25, 0.3) is 0 Å². The van der Waals surface area contributed by atoms with Crippen molar-refractivity contribution in [1.82, 2.24) is 4.90 Å². The third kappa shape index (κ3) is 3.46. The number of nitrogens with two attached hydrogens (primary N) is 1. The lowest BCUT2D eigenvalue weighted by atomic mass is 10.0. The van der Waals surface area contributed by atoms with Gasteiger partial charge >= 0.3 is 0 Å². The van der Waals surface area contributed by atoms with Crippen LogP contribution in [0.2, 0.25) is 0 Å². The fraction of sp³-hybridized carbons (Fsp3) is 1.00. The van der Waals surface area contributed by atoms with Crippen LogP contribution in [0.15, 0.2) is 0 Å². The zero-order chi connectivity index (χ0) is 10.8. The maximum Gasteiger partial charge on any atom is 0.0105 e. The molecule has 15 heavy (non-hydrogen) atoms. The molecule has 0 aliphatic heterocycles. The Morgan fingerprint density at radius 3 is 1.87 bits per heavy atom. The molecular weight excluding hydrogens is 184 g/mol. The van der Waals surface area contributed by atoms with Gasteiger partial charge in [0.15, 0.2) is 0 Å². The van der Waals surface area contributed by atoms with Crippen molar-refractivity contribution in [2.24, 2.45) is 23.5 Å². The van der Waals surface area contributed by atoms with Crippen LogP contribution in [-0.2, 0) is 0 Å². The van der Waals surface area contributed by atoms with Crippen molar-refractivity contribution in [3.05, 3.63) is 0 Å². The number of rotatable bonds is 7. The molecule has 2 unspecified atom stereocenters. The van der Waals surface area contributed by atoms with Gasteiger partial charge < -0.3 is 5.73 Å². The zero-order valence-corrected chi connectivity index (χ0v) is 10.3. The molecule has 0 aromatic heterocycles. The van der Waals surface area contributed by atoms with E-state index in [2.05, 4.69) is 18.7 Å². The summed E-state index contributed by atoms with van der Waals surface area (Å²) in [5.41, 5.74) is 5.78. The largest absolute Gasteiger partial charge is 0.330 e. The minimum absolute atomic E-state index is 0.641. The third-order valence-electron chi connectivity index (χ3n) is 4.15. The van der Waals surface area contributed by atoms with Gasteiger partial charge in [-0.05, 0) is 56.9 Å². The van der Waals surface area contributed by atoms with Crippen LogP contribution in [0.5, 0.6) is 0 Å². The number of nitrogens with zero attached hydrogens (tertiary/aromatic N) is 1. The van der Waals surface area contributed by atoms with Gasteiger partial charge in [-0.1, -0.05) is 6.92 Å². The molecule has 0 radical (unpaired) electrons. The Balaban J connectivity index is 1.82. The third-order valence-corrected chi connectivity index (χ3v) is 4.15. The highest BCUT2D eigenvalue weighted by molar-refractivity contribution is 4.86. The first kappa shape index (κ1) is 11.4. The second-order valence-corrected chi connectivity index (χ2v) is 5.79. The lowest BCUT2D eigenvalue weighted by Crippen LogP contribution is -2.42. The van der Waals surface area contributed by atoms with Crippen LogP contribution < -0.4 is 5.73 Å². The molecule has 2 heteroatoms. The quantitative estimate of drug-likeness (QED) is 0.697. The second kappa shape index (κ2) is 4.84. The van der Waals surface area contributed by atoms with E-state index in [-0.39, 0.29) is 0 Å². The predicted octanol–water partition coefficient (Wildman–Crippen LogP) is 2.09. The van der Waals surface area contributed by atoms with E-state index in [1.165, 1.54) is 38.8 Å². The lowest BCUT2D eigenvalue weighted by molar-refractivity contribution is 0.150. The van der Waals surface area contributed by atoms with Gasteiger partial charge in [0.2, 0.25) is 0 Å². The molecule has 0 amide bonds. The topological polar surface area (TPSA) is 29.3 Å². The molecule has 2 fully saturated rings. The predicted molar refractivity (Wildman–Crippen MR) is 64.7 cm³/mol. The van der Waals surface area contributed by atoms with Crippen LogP contribution in [0.3, 0.4) is 0 Å². The molecule has 0 bridgehead atoms. The van der Waals surface area contributed by atoms with E-state index < -0.39 is 0 Å². The molecule has 2 aliphatic rings. The molecule has 2 atom stereocenters. The molecule has 0 heterocycles. The van der Waals surface area contributed by atoms with Gasteiger partial charge in [-0.15, -0.1) is 0 Å². The van der Waals surface area contributed by atoms with Crippen LogP contribution in [-0.4, -0.2) is 30.6 Å². The Morgan fingerprint density at radius 2 is 1.53 bits per heavy atom. The van der Waals surface area contributed by atoms with Gasteiger partial charge in [-0.2, -0.15) is 0 Å². The Morgan fingerprint density at radius 1 is 1.07 bits per heavy atom. The Bertz CT molecular complexity index is 183. The van der Waals surface area contributed by atoms with Gasteiger partial charge in [0.05, 0.1) is 0 Å². The smallest absolute Gasteiger partial charge is 0.0105 e. The van der Waals surface area contributed by atoms with Crippen molar-refractivity contribution in [3.8, 4) is 0 Å². The van der Waals surface area contributed by atoms with Crippen molar-refractivity contribution in [1.29, 1.82) is 0 Å². The molecule has 0 spiro atoms. The van der Waals surface area contributed by atoms with Gasteiger partial charge in [-0.3, -0.25) is 4.90 Å². The summed E-state index contributed by atoms with van der Waals surface area (Å²) < 4.78 is 0. The van der Waals surface area contributed by atoms with Crippen molar-refractivity contribution in [2.45, 2.75) is 45.6 Å². The average Bonchev–Trinajstić information content (AvgIpc) is 3.08. The summed E-state index contributed by atoms with van der Waals surface area (Å²) in [6.07, 6.45) is 5.85. The Kier molecular flexibility index (Phi) is 3.68. The molecule has 2 nitrogen and oxygen atoms in total. The van der Waals surface area contributed by atoms with Crippen LogP contribution in [0.4, 0.5) is 0 Å². The van der Waals surface area contributed by atoms with Crippen LogP contribution >= 0.6 is 0 Å². The molecule has 0 aromatic carbocycles. The molecular formula is C13H26N2. The van der Waals surface area contributed by atoms with Gasteiger partial charge in [-0.25, -0.2) is 0 Å². The highest BCUT2D eigenvalue weighted by Gasteiger charge is 2.32. The minimum Gasteiger partial charge on any atom is -0.330 e. The number of hydrogen-bond donors (Lipinski definition) is 1. The fourth-order valence-corrected chi connectivity index (χ4v) is 2.23. The summed E-state index contributed by atoms with van der Waals surface area (Å²) in [4.78, 5) is 2.72. The molecule has 0 saturated heterocycles. The highest BCUT2D eigenvalue weighted by atomic mass is 15.2. The normalized spacial score (nSPS) is 25.6. The molecule has 2 N–H and O–H groups in total. The molecule has 2 aliphatic carbocycles. The standard InChI is InChI=1S/C13H26N2/c1-10(7-14)11(2)15(8-12-3-4-12)9-13-5-6-13/h10-13H,3-9,14H2,1-2H3. The summed E-state index contributed by atoms with van der Waals surface area (Å²) in [6.45, 7) is 8.15. The minimum atomic E-state index is 0.641. The van der Waals surface area contributed by atoms with Gasteiger partial charge in [0.25, 0.3) is 0 Å². The summed E-state index contributed by atoms with van der Waals surface area (Å²) in [5, 5.41) is 0. The van der Waals surface area contributed by atoms with E-state index in [9.17, 15) is 0 Å². The van der Waals surface area contributed by atoms with E-state index in [0.717, 1.165) is 18.4 Å². The van der Waals surface area contributed by atoms with Crippen molar-refractivity contribution in [3.63, 3.8) is 0 Å². The van der Waals surface area contributed by atoms with E-state index in [4.69, 9.17) is 5.73 Å². The summed E-state index contributed by atoms with van der Waals surface area (Å²) >= 11 is 0. The van der Waals surface area contributed by atoms with Crippen molar-refractivity contribution < 1.29 is 0 Å². The maximum atomic E-state index is 5.78. The SMILES string of the molecule is CC(CN)C(C)N(CC1CC1)CC1CC1. The average molecular weight is 210 g/mol. The van der Waals surface area contributed by atoms with E-state index in [1.807, 2.05) is 0 Å². The molecule has 2 rings (SSSR count). The first-order chi connectivity index (χ1) is 7.20. The Hall–Kier alpha value is -0.0800. The highest BCUT2D eigenvalue weighted by Crippen LogP contribution is 2.35. The van der Waals surface area contributed by atoms with E-state index in [0.29, 0.717) is 12.0 Å².